The van der Waals surface area contributed by atoms with Gasteiger partial charge in [0, 0.05) is 44.1 Å². The second kappa shape index (κ2) is 8.85. The molecule has 1 aliphatic heterocycles. The maximum Gasteiger partial charge on any atom is 0.251 e. The highest BCUT2D eigenvalue weighted by Gasteiger charge is 2.32. The van der Waals surface area contributed by atoms with E-state index in [-0.39, 0.29) is 23.0 Å². The van der Waals surface area contributed by atoms with Gasteiger partial charge in [-0.25, -0.2) is 13.4 Å². The van der Waals surface area contributed by atoms with E-state index in [1.54, 1.807) is 24.7 Å². The smallest absolute Gasteiger partial charge is 0.251 e. The number of carbonyl (C=O) groups is 1. The molecule has 3 rings (SSSR count). The van der Waals surface area contributed by atoms with Crippen molar-refractivity contribution in [2.24, 2.45) is 0 Å². The third-order valence-corrected chi connectivity index (χ3v) is 6.39. The number of nitrogens with one attached hydrogen (secondary N) is 1. The lowest BCUT2D eigenvalue weighted by Crippen LogP contribution is -2.48. The number of imidazole rings is 1. The zero-order valence-corrected chi connectivity index (χ0v) is 16.9. The minimum Gasteiger partial charge on any atom is -0.373 e. The van der Waals surface area contributed by atoms with E-state index in [0.717, 1.165) is 13.0 Å². The number of aryl methyl sites for hydroxylation is 1. The fraction of sp³-hybridized carbons (Fsp3) is 0.474. The number of benzene rings is 1. The molecule has 8 nitrogen and oxygen atoms in total. The molecule has 1 amide bonds. The lowest BCUT2D eigenvalue weighted by atomic mass is 10.2. The number of hydrogen-bond acceptors (Lipinski definition) is 5. The van der Waals surface area contributed by atoms with Gasteiger partial charge in [0.1, 0.15) is 0 Å². The maximum absolute atomic E-state index is 13.0. The molecule has 1 aromatic heterocycles. The summed E-state index contributed by atoms with van der Waals surface area (Å²) in [5.41, 5.74) is 0.332. The van der Waals surface area contributed by atoms with Crippen molar-refractivity contribution in [1.82, 2.24) is 19.2 Å². The highest BCUT2D eigenvalue weighted by molar-refractivity contribution is 7.89. The Morgan fingerprint density at radius 1 is 1.29 bits per heavy atom. The molecule has 1 fully saturated rings. The predicted octanol–water partition coefficient (Wildman–Crippen LogP) is 1.50. The zero-order valence-electron chi connectivity index (χ0n) is 16.1. The average Bonchev–Trinajstić information content (AvgIpc) is 3.18. The van der Waals surface area contributed by atoms with Gasteiger partial charge in [0.15, 0.2) is 0 Å². The Balaban J connectivity index is 1.63. The first kappa shape index (κ1) is 20.5. The number of sulfonamides is 1. The molecule has 2 atom stereocenters. The van der Waals surface area contributed by atoms with Gasteiger partial charge in [0.05, 0.1) is 23.4 Å². The summed E-state index contributed by atoms with van der Waals surface area (Å²) in [4.78, 5) is 16.5. The maximum atomic E-state index is 13.0. The fourth-order valence-electron chi connectivity index (χ4n) is 3.26. The van der Waals surface area contributed by atoms with E-state index in [0.29, 0.717) is 25.2 Å². The summed E-state index contributed by atoms with van der Waals surface area (Å²) >= 11 is 0. The van der Waals surface area contributed by atoms with Crippen molar-refractivity contribution < 1.29 is 17.9 Å². The summed E-state index contributed by atoms with van der Waals surface area (Å²) in [6.07, 6.45) is 5.72. The summed E-state index contributed by atoms with van der Waals surface area (Å²) in [7, 11) is -3.68. The van der Waals surface area contributed by atoms with Crippen LogP contribution >= 0.6 is 0 Å². The Morgan fingerprint density at radius 2 is 2.04 bits per heavy atom. The molecule has 28 heavy (non-hydrogen) atoms. The van der Waals surface area contributed by atoms with Crippen LogP contribution < -0.4 is 5.32 Å². The standard InChI is InChI=1S/C19H26N4O4S/c1-15-12-23(13-16(2)27-15)28(25,26)18-6-3-5-17(11-18)19(24)21-7-4-9-22-10-8-20-14-22/h3,5-6,8,10-11,14-16H,4,7,9,12-13H2,1-2H3,(H,21,24)/t15-,16+. The van der Waals surface area contributed by atoms with Crippen molar-refractivity contribution in [3.63, 3.8) is 0 Å². The lowest BCUT2D eigenvalue weighted by molar-refractivity contribution is -0.0440. The Labute approximate surface area is 165 Å². The topological polar surface area (TPSA) is 93.5 Å². The van der Waals surface area contributed by atoms with Crippen molar-refractivity contribution in [1.29, 1.82) is 0 Å². The number of amides is 1. The van der Waals surface area contributed by atoms with Crippen LogP contribution in [0, 0.1) is 0 Å². The molecule has 9 heteroatoms. The van der Waals surface area contributed by atoms with Crippen molar-refractivity contribution in [3.8, 4) is 0 Å². The van der Waals surface area contributed by atoms with Gasteiger partial charge >= 0.3 is 0 Å². The number of hydrogen-bond donors (Lipinski definition) is 1. The van der Waals surface area contributed by atoms with Crippen molar-refractivity contribution in [3.05, 3.63) is 48.5 Å². The van der Waals surface area contributed by atoms with Crippen LogP contribution in [0.4, 0.5) is 0 Å². The van der Waals surface area contributed by atoms with E-state index in [1.807, 2.05) is 24.6 Å². The van der Waals surface area contributed by atoms with E-state index >= 15 is 0 Å². The molecule has 0 bridgehead atoms. The van der Waals surface area contributed by atoms with Crippen LogP contribution in [0.3, 0.4) is 0 Å². The van der Waals surface area contributed by atoms with Crippen LogP contribution in [0.1, 0.15) is 30.6 Å². The third kappa shape index (κ3) is 4.98. The molecule has 0 unspecified atom stereocenters. The molecule has 1 aromatic carbocycles. The largest absolute Gasteiger partial charge is 0.373 e. The summed E-state index contributed by atoms with van der Waals surface area (Å²) in [6, 6.07) is 6.18. The van der Waals surface area contributed by atoms with E-state index in [2.05, 4.69) is 10.3 Å². The number of nitrogens with zero attached hydrogens (tertiary/aromatic N) is 3. The van der Waals surface area contributed by atoms with Gasteiger partial charge in [-0.1, -0.05) is 6.07 Å². The summed E-state index contributed by atoms with van der Waals surface area (Å²) in [5, 5.41) is 2.83. The molecule has 1 N–H and O–H groups in total. The fourth-order valence-corrected chi connectivity index (χ4v) is 4.90. The van der Waals surface area contributed by atoms with E-state index < -0.39 is 10.0 Å². The molecular weight excluding hydrogens is 380 g/mol. The van der Waals surface area contributed by atoms with Gasteiger partial charge in [-0.15, -0.1) is 0 Å². The van der Waals surface area contributed by atoms with E-state index in [9.17, 15) is 13.2 Å². The quantitative estimate of drug-likeness (QED) is 0.704. The summed E-state index contributed by atoms with van der Waals surface area (Å²) in [6.45, 7) is 5.56. The van der Waals surface area contributed by atoms with Crippen LogP contribution in [0.25, 0.3) is 0 Å². The van der Waals surface area contributed by atoms with Crippen molar-refractivity contribution in [2.45, 2.75) is 43.9 Å². The molecule has 2 aromatic rings. The van der Waals surface area contributed by atoms with Crippen LogP contribution in [0.2, 0.25) is 0 Å². The molecule has 0 spiro atoms. The average molecular weight is 407 g/mol. The number of morpholine rings is 1. The predicted molar refractivity (Wildman–Crippen MR) is 104 cm³/mol. The van der Waals surface area contributed by atoms with Crippen LogP contribution in [-0.2, 0) is 21.3 Å². The Hall–Kier alpha value is -2.23. The molecule has 152 valence electrons. The van der Waals surface area contributed by atoms with Crippen molar-refractivity contribution in [2.75, 3.05) is 19.6 Å². The van der Waals surface area contributed by atoms with Crippen LogP contribution in [0.5, 0.6) is 0 Å². The molecule has 0 aliphatic carbocycles. The lowest BCUT2D eigenvalue weighted by Gasteiger charge is -2.34. The van der Waals surface area contributed by atoms with Gasteiger partial charge in [-0.2, -0.15) is 4.31 Å². The van der Waals surface area contributed by atoms with Crippen LogP contribution in [-0.4, -0.2) is 60.0 Å². The molecule has 0 radical (unpaired) electrons. The SMILES string of the molecule is C[C@@H]1CN(S(=O)(=O)c2cccc(C(=O)NCCCn3ccnc3)c2)C[C@H](C)O1. The Morgan fingerprint density at radius 3 is 2.71 bits per heavy atom. The number of rotatable bonds is 7. The number of carbonyl (C=O) groups excluding carboxylic acids is 1. The zero-order chi connectivity index (χ0) is 20.1. The Bertz CT molecular complexity index is 888. The molecule has 1 aliphatic rings. The molecule has 1 saturated heterocycles. The Kier molecular flexibility index (Phi) is 6.48. The first-order chi connectivity index (χ1) is 13.4. The third-order valence-electron chi connectivity index (χ3n) is 4.56. The number of ether oxygens (including phenoxy) is 1. The second-order valence-electron chi connectivity index (χ2n) is 7.02. The number of aromatic nitrogens is 2. The van der Waals surface area contributed by atoms with Crippen molar-refractivity contribution >= 4 is 15.9 Å². The molecule has 2 heterocycles. The first-order valence-corrected chi connectivity index (χ1v) is 10.8. The summed E-state index contributed by atoms with van der Waals surface area (Å²) < 4.78 is 34.9. The monoisotopic (exact) mass is 406 g/mol. The second-order valence-corrected chi connectivity index (χ2v) is 8.96. The van der Waals surface area contributed by atoms with Gasteiger partial charge in [-0.3, -0.25) is 4.79 Å². The highest BCUT2D eigenvalue weighted by Crippen LogP contribution is 2.22. The molecular formula is C19H26N4O4S. The summed E-state index contributed by atoms with van der Waals surface area (Å²) in [5.74, 6) is -0.286. The van der Waals surface area contributed by atoms with Gasteiger partial charge in [0.25, 0.3) is 5.91 Å². The highest BCUT2D eigenvalue weighted by atomic mass is 32.2. The minimum absolute atomic E-state index is 0.125. The first-order valence-electron chi connectivity index (χ1n) is 9.36. The van der Waals surface area contributed by atoms with Gasteiger partial charge < -0.3 is 14.6 Å². The van der Waals surface area contributed by atoms with E-state index in [4.69, 9.17) is 4.74 Å². The normalized spacial score (nSPS) is 20.8. The van der Waals surface area contributed by atoms with Crippen LogP contribution in [0.15, 0.2) is 47.9 Å². The van der Waals surface area contributed by atoms with Gasteiger partial charge in [0.2, 0.25) is 10.0 Å². The molecule has 0 saturated carbocycles. The van der Waals surface area contributed by atoms with E-state index in [1.165, 1.54) is 16.4 Å². The minimum atomic E-state index is -3.68. The van der Waals surface area contributed by atoms with Gasteiger partial charge in [-0.05, 0) is 38.5 Å².